The summed E-state index contributed by atoms with van der Waals surface area (Å²) in [5, 5.41) is 6.32. The molecule has 2 rings (SSSR count). The molecule has 20 heavy (non-hydrogen) atoms. The van der Waals surface area contributed by atoms with Crippen LogP contribution in [-0.2, 0) is 11.2 Å². The number of amides is 1. The number of alkyl halides is 1. The van der Waals surface area contributed by atoms with Crippen LogP contribution in [0.3, 0.4) is 0 Å². The molecular weight excluding hydrogens is 314 g/mol. The van der Waals surface area contributed by atoms with Crippen molar-refractivity contribution in [3.63, 3.8) is 0 Å². The number of halogens is 1. The third kappa shape index (κ3) is 3.83. The van der Waals surface area contributed by atoms with E-state index in [1.165, 1.54) is 5.39 Å². The Balaban J connectivity index is 2.14. The lowest BCUT2D eigenvalue weighted by atomic mass is 9.99. The Morgan fingerprint density at radius 2 is 1.85 bits per heavy atom. The maximum absolute atomic E-state index is 12.2. The first kappa shape index (κ1) is 15.0. The molecule has 2 aromatic carbocycles. The Hall–Kier alpha value is -1.35. The van der Waals surface area contributed by atoms with Crippen molar-refractivity contribution < 1.29 is 4.79 Å². The number of fused-ring (bicyclic) bond motifs is 1. The van der Waals surface area contributed by atoms with Gasteiger partial charge < -0.3 is 5.32 Å². The molecule has 0 heterocycles. The van der Waals surface area contributed by atoms with Crippen molar-refractivity contribution in [3.05, 3.63) is 48.0 Å². The number of carbonyl (C=O) groups excluding carboxylic acids is 1. The fraction of sp³-hybridized carbons (Fsp3) is 0.353. The summed E-state index contributed by atoms with van der Waals surface area (Å²) >= 11 is 3.42. The van der Waals surface area contributed by atoms with Crippen molar-refractivity contribution in [2.45, 2.75) is 32.2 Å². The minimum atomic E-state index is -0.175. The van der Waals surface area contributed by atoms with E-state index in [9.17, 15) is 4.79 Å². The fourth-order valence-electron chi connectivity index (χ4n) is 2.34. The van der Waals surface area contributed by atoms with Crippen LogP contribution in [0, 0.1) is 0 Å². The Kier molecular flexibility index (Phi) is 4.81. The molecule has 0 saturated carbocycles. The first-order valence-corrected chi connectivity index (χ1v) is 7.97. The highest BCUT2D eigenvalue weighted by atomic mass is 79.9. The highest BCUT2D eigenvalue weighted by Gasteiger charge is 2.19. The van der Waals surface area contributed by atoms with Gasteiger partial charge in [-0.05, 0) is 36.6 Å². The van der Waals surface area contributed by atoms with Crippen LogP contribution in [0.15, 0.2) is 42.5 Å². The summed E-state index contributed by atoms with van der Waals surface area (Å²) in [5.41, 5.74) is 0.903. The van der Waals surface area contributed by atoms with E-state index in [1.54, 1.807) is 0 Å². The van der Waals surface area contributed by atoms with Gasteiger partial charge in [-0.3, -0.25) is 4.79 Å². The monoisotopic (exact) mass is 333 g/mol. The number of hydrogen-bond donors (Lipinski definition) is 1. The molecule has 0 aliphatic heterocycles. The fourth-order valence-corrected chi connectivity index (χ4v) is 3.33. The molecule has 2 aromatic rings. The van der Waals surface area contributed by atoms with Crippen LogP contribution in [0.25, 0.3) is 10.8 Å². The molecule has 0 fully saturated rings. The van der Waals surface area contributed by atoms with Crippen molar-refractivity contribution in [2.75, 3.05) is 5.33 Å². The van der Waals surface area contributed by atoms with Crippen LogP contribution < -0.4 is 5.32 Å². The average molecular weight is 334 g/mol. The number of nitrogens with one attached hydrogen (secondary N) is 1. The van der Waals surface area contributed by atoms with Gasteiger partial charge in [-0.25, -0.2) is 0 Å². The van der Waals surface area contributed by atoms with E-state index in [-0.39, 0.29) is 11.4 Å². The molecule has 0 saturated heterocycles. The number of rotatable bonds is 5. The summed E-state index contributed by atoms with van der Waals surface area (Å²) < 4.78 is 0. The number of carbonyl (C=O) groups is 1. The number of benzene rings is 2. The smallest absolute Gasteiger partial charge is 0.224 e. The van der Waals surface area contributed by atoms with E-state index >= 15 is 0 Å². The molecular formula is C17H20BrNO. The second kappa shape index (κ2) is 6.40. The van der Waals surface area contributed by atoms with Gasteiger partial charge in [0.1, 0.15) is 0 Å². The van der Waals surface area contributed by atoms with Crippen LogP contribution in [0.1, 0.15) is 25.8 Å². The topological polar surface area (TPSA) is 29.1 Å². The van der Waals surface area contributed by atoms with Crippen LogP contribution >= 0.6 is 15.9 Å². The van der Waals surface area contributed by atoms with Crippen molar-refractivity contribution in [1.82, 2.24) is 5.32 Å². The van der Waals surface area contributed by atoms with Crippen LogP contribution in [0.4, 0.5) is 0 Å². The molecule has 0 aliphatic carbocycles. The predicted molar refractivity (Wildman–Crippen MR) is 88.3 cm³/mol. The van der Waals surface area contributed by atoms with Crippen molar-refractivity contribution in [2.24, 2.45) is 0 Å². The summed E-state index contributed by atoms with van der Waals surface area (Å²) in [5.74, 6) is 0.0762. The molecule has 3 heteroatoms. The molecule has 2 nitrogen and oxygen atoms in total. The van der Waals surface area contributed by atoms with Crippen molar-refractivity contribution >= 4 is 32.6 Å². The highest BCUT2D eigenvalue weighted by Crippen LogP contribution is 2.19. The zero-order valence-electron chi connectivity index (χ0n) is 11.9. The minimum Gasteiger partial charge on any atom is -0.351 e. The zero-order valence-corrected chi connectivity index (χ0v) is 13.5. The Morgan fingerprint density at radius 3 is 2.60 bits per heavy atom. The lowest BCUT2D eigenvalue weighted by Gasteiger charge is -2.25. The lowest BCUT2D eigenvalue weighted by Crippen LogP contribution is -2.44. The number of hydrogen-bond acceptors (Lipinski definition) is 1. The molecule has 1 N–H and O–H groups in total. The van der Waals surface area contributed by atoms with Gasteiger partial charge in [0.2, 0.25) is 5.91 Å². The molecule has 0 spiro atoms. The van der Waals surface area contributed by atoms with Crippen molar-refractivity contribution in [3.8, 4) is 0 Å². The summed E-state index contributed by atoms with van der Waals surface area (Å²) in [7, 11) is 0. The molecule has 0 atom stereocenters. The standard InChI is InChI=1S/C17H20BrNO/c1-17(2,10-11-18)19-16(20)12-14-8-5-7-13-6-3-4-9-15(13)14/h3-9H,10-12H2,1-2H3,(H,19,20). The minimum absolute atomic E-state index is 0.0762. The lowest BCUT2D eigenvalue weighted by molar-refractivity contribution is -0.122. The van der Waals surface area contributed by atoms with E-state index in [2.05, 4.69) is 53.3 Å². The summed E-state index contributed by atoms with van der Waals surface area (Å²) in [6.07, 6.45) is 1.33. The molecule has 1 amide bonds. The van der Waals surface area contributed by atoms with E-state index in [4.69, 9.17) is 0 Å². The van der Waals surface area contributed by atoms with Gasteiger partial charge in [-0.1, -0.05) is 58.4 Å². The third-order valence-electron chi connectivity index (χ3n) is 3.43. The van der Waals surface area contributed by atoms with Crippen LogP contribution in [0.5, 0.6) is 0 Å². The Morgan fingerprint density at radius 1 is 1.15 bits per heavy atom. The first-order valence-electron chi connectivity index (χ1n) is 6.85. The summed E-state index contributed by atoms with van der Waals surface area (Å²) in [6.45, 7) is 4.10. The van der Waals surface area contributed by atoms with Gasteiger partial charge in [0.05, 0.1) is 6.42 Å². The van der Waals surface area contributed by atoms with E-state index in [0.717, 1.165) is 22.7 Å². The van der Waals surface area contributed by atoms with Gasteiger partial charge in [0.15, 0.2) is 0 Å². The normalized spacial score (nSPS) is 11.6. The molecule has 0 radical (unpaired) electrons. The molecule has 0 aliphatic rings. The highest BCUT2D eigenvalue weighted by molar-refractivity contribution is 9.09. The molecule has 106 valence electrons. The first-order chi connectivity index (χ1) is 9.52. The Bertz CT molecular complexity index is 601. The van der Waals surface area contributed by atoms with Gasteiger partial charge in [0, 0.05) is 10.9 Å². The summed E-state index contributed by atoms with van der Waals surface area (Å²) in [6, 6.07) is 14.3. The third-order valence-corrected chi connectivity index (χ3v) is 3.82. The van der Waals surface area contributed by atoms with Crippen molar-refractivity contribution in [1.29, 1.82) is 0 Å². The quantitative estimate of drug-likeness (QED) is 0.821. The van der Waals surface area contributed by atoms with E-state index < -0.39 is 0 Å². The second-order valence-electron chi connectivity index (χ2n) is 5.69. The largest absolute Gasteiger partial charge is 0.351 e. The maximum atomic E-state index is 12.2. The van der Waals surface area contributed by atoms with Gasteiger partial charge in [-0.2, -0.15) is 0 Å². The average Bonchev–Trinajstić information content (AvgIpc) is 2.38. The van der Waals surface area contributed by atoms with E-state index in [0.29, 0.717) is 6.42 Å². The second-order valence-corrected chi connectivity index (χ2v) is 6.48. The van der Waals surface area contributed by atoms with Crippen LogP contribution in [0.2, 0.25) is 0 Å². The predicted octanol–water partition coefficient (Wildman–Crippen LogP) is 4.06. The maximum Gasteiger partial charge on any atom is 0.224 e. The van der Waals surface area contributed by atoms with Crippen LogP contribution in [-0.4, -0.2) is 16.8 Å². The Labute approximate surface area is 128 Å². The zero-order chi connectivity index (χ0) is 14.6. The summed E-state index contributed by atoms with van der Waals surface area (Å²) in [4.78, 5) is 12.2. The molecule has 0 aromatic heterocycles. The van der Waals surface area contributed by atoms with Gasteiger partial charge >= 0.3 is 0 Å². The van der Waals surface area contributed by atoms with E-state index in [1.807, 2.05) is 24.3 Å². The SMILES string of the molecule is CC(C)(CCBr)NC(=O)Cc1cccc2ccccc12. The van der Waals surface area contributed by atoms with Gasteiger partial charge in [0.25, 0.3) is 0 Å². The molecule has 0 unspecified atom stereocenters. The molecule has 0 bridgehead atoms. The van der Waals surface area contributed by atoms with Gasteiger partial charge in [-0.15, -0.1) is 0 Å².